The molecule has 1 rings (SSSR count). The number of hydrogen-bond acceptors (Lipinski definition) is 3. The SMILES string of the molecule is O=C(O)CCn1cc(C(F)(F)F)nn1. The molecule has 8 heteroatoms. The second kappa shape index (κ2) is 3.64. The fourth-order valence-electron chi connectivity index (χ4n) is 0.748. The Bertz CT molecular complexity index is 333. The van der Waals surface area contributed by atoms with Crippen LogP contribution in [-0.4, -0.2) is 26.1 Å². The Kier molecular flexibility index (Phi) is 2.73. The van der Waals surface area contributed by atoms with Crippen LogP contribution in [0, 0.1) is 0 Å². The lowest BCUT2D eigenvalue weighted by Crippen LogP contribution is -2.06. The van der Waals surface area contributed by atoms with Crippen molar-refractivity contribution in [2.45, 2.75) is 19.1 Å². The van der Waals surface area contributed by atoms with Crippen molar-refractivity contribution in [1.29, 1.82) is 0 Å². The molecule has 14 heavy (non-hydrogen) atoms. The summed E-state index contributed by atoms with van der Waals surface area (Å²) in [7, 11) is 0. The third kappa shape index (κ3) is 2.71. The Morgan fingerprint density at radius 3 is 2.64 bits per heavy atom. The van der Waals surface area contributed by atoms with Crippen LogP contribution >= 0.6 is 0 Å². The molecule has 0 bridgehead atoms. The highest BCUT2D eigenvalue weighted by Gasteiger charge is 2.34. The van der Waals surface area contributed by atoms with E-state index < -0.39 is 17.8 Å². The van der Waals surface area contributed by atoms with E-state index in [1.807, 2.05) is 0 Å². The third-order valence-electron chi connectivity index (χ3n) is 1.38. The number of carbonyl (C=O) groups is 1. The van der Waals surface area contributed by atoms with E-state index in [9.17, 15) is 18.0 Å². The molecule has 0 fully saturated rings. The summed E-state index contributed by atoms with van der Waals surface area (Å²) in [5, 5.41) is 14.3. The van der Waals surface area contributed by atoms with Crippen LogP contribution in [0.4, 0.5) is 13.2 Å². The predicted octanol–water partition coefficient (Wildman–Crippen LogP) is 0.772. The van der Waals surface area contributed by atoms with E-state index in [0.717, 1.165) is 4.68 Å². The molecule has 78 valence electrons. The lowest BCUT2D eigenvalue weighted by Gasteiger charge is -1.98. The third-order valence-corrected chi connectivity index (χ3v) is 1.38. The van der Waals surface area contributed by atoms with Crippen molar-refractivity contribution in [2.24, 2.45) is 0 Å². The van der Waals surface area contributed by atoms with Crippen molar-refractivity contribution < 1.29 is 23.1 Å². The monoisotopic (exact) mass is 209 g/mol. The molecule has 5 nitrogen and oxygen atoms in total. The predicted molar refractivity (Wildman–Crippen MR) is 37.3 cm³/mol. The van der Waals surface area contributed by atoms with Crippen LogP contribution in [0.15, 0.2) is 6.20 Å². The Hall–Kier alpha value is -1.60. The Morgan fingerprint density at radius 1 is 1.57 bits per heavy atom. The smallest absolute Gasteiger partial charge is 0.436 e. The van der Waals surface area contributed by atoms with Crippen molar-refractivity contribution in [1.82, 2.24) is 15.0 Å². The summed E-state index contributed by atoms with van der Waals surface area (Å²) in [6.45, 7) is -0.127. The second-order valence-corrected chi connectivity index (χ2v) is 2.51. The van der Waals surface area contributed by atoms with Gasteiger partial charge in [0.2, 0.25) is 0 Å². The van der Waals surface area contributed by atoms with Gasteiger partial charge in [0.1, 0.15) is 0 Å². The number of aryl methyl sites for hydroxylation is 1. The summed E-state index contributed by atoms with van der Waals surface area (Å²) in [6.07, 6.45) is -4.16. The summed E-state index contributed by atoms with van der Waals surface area (Å²) in [5.41, 5.74) is -1.12. The normalized spacial score (nSPS) is 11.6. The molecule has 0 aliphatic carbocycles. The number of carboxylic acid groups (broad SMARTS) is 1. The van der Waals surface area contributed by atoms with Gasteiger partial charge in [-0.25, -0.2) is 0 Å². The molecule has 1 aromatic rings. The number of nitrogens with zero attached hydrogens (tertiary/aromatic N) is 3. The van der Waals surface area contributed by atoms with Crippen LogP contribution in [0.5, 0.6) is 0 Å². The lowest BCUT2D eigenvalue weighted by atomic mass is 10.4. The standard InChI is InChI=1S/C6H6F3N3O2/c7-6(8,9)4-3-12(11-10-4)2-1-5(13)14/h3H,1-2H2,(H,13,14). The first-order valence-electron chi connectivity index (χ1n) is 3.58. The molecular weight excluding hydrogens is 203 g/mol. The lowest BCUT2D eigenvalue weighted by molar-refractivity contribution is -0.141. The molecule has 0 amide bonds. The number of carboxylic acids is 1. The first kappa shape index (κ1) is 10.5. The summed E-state index contributed by atoms with van der Waals surface area (Å²) in [5.74, 6) is -1.10. The summed E-state index contributed by atoms with van der Waals surface area (Å²) < 4.78 is 36.7. The fraction of sp³-hybridized carbons (Fsp3) is 0.500. The molecule has 1 N–H and O–H groups in total. The van der Waals surface area contributed by atoms with Gasteiger partial charge in [0, 0.05) is 0 Å². The quantitative estimate of drug-likeness (QED) is 0.798. The van der Waals surface area contributed by atoms with Gasteiger partial charge in [0.05, 0.1) is 19.2 Å². The van der Waals surface area contributed by atoms with Gasteiger partial charge in [-0.2, -0.15) is 13.2 Å². The zero-order valence-electron chi connectivity index (χ0n) is 6.82. The largest absolute Gasteiger partial charge is 0.481 e. The second-order valence-electron chi connectivity index (χ2n) is 2.51. The fourth-order valence-corrected chi connectivity index (χ4v) is 0.748. The summed E-state index contributed by atoms with van der Waals surface area (Å²) >= 11 is 0. The molecule has 0 saturated carbocycles. The zero-order chi connectivity index (χ0) is 10.8. The number of hydrogen-bond donors (Lipinski definition) is 1. The van der Waals surface area contributed by atoms with Gasteiger partial charge in [-0.15, -0.1) is 5.10 Å². The van der Waals surface area contributed by atoms with Gasteiger partial charge in [-0.05, 0) is 0 Å². The van der Waals surface area contributed by atoms with Crippen LogP contribution in [-0.2, 0) is 17.5 Å². The molecule has 0 atom stereocenters. The van der Waals surface area contributed by atoms with Crippen LogP contribution in [0.25, 0.3) is 0 Å². The average molecular weight is 209 g/mol. The molecule has 0 unspecified atom stereocenters. The number of aliphatic carboxylic acids is 1. The van der Waals surface area contributed by atoms with Gasteiger partial charge in [0.25, 0.3) is 0 Å². The summed E-state index contributed by atoms with van der Waals surface area (Å²) in [4.78, 5) is 10.1. The van der Waals surface area contributed by atoms with E-state index in [4.69, 9.17) is 5.11 Å². The molecule has 1 aromatic heterocycles. The first-order valence-corrected chi connectivity index (χ1v) is 3.58. The van der Waals surface area contributed by atoms with E-state index in [2.05, 4.69) is 10.3 Å². The van der Waals surface area contributed by atoms with Crippen LogP contribution < -0.4 is 0 Å². The Balaban J connectivity index is 2.64. The maximum atomic E-state index is 12.0. The van der Waals surface area contributed by atoms with E-state index >= 15 is 0 Å². The van der Waals surface area contributed by atoms with Crippen LogP contribution in [0.1, 0.15) is 12.1 Å². The van der Waals surface area contributed by atoms with Crippen molar-refractivity contribution >= 4 is 5.97 Å². The Morgan fingerprint density at radius 2 is 2.21 bits per heavy atom. The van der Waals surface area contributed by atoms with Gasteiger partial charge in [-0.3, -0.25) is 9.48 Å². The molecule has 0 saturated heterocycles. The van der Waals surface area contributed by atoms with Gasteiger partial charge >= 0.3 is 12.1 Å². The van der Waals surface area contributed by atoms with Gasteiger partial charge in [-0.1, -0.05) is 5.21 Å². The molecular formula is C6H6F3N3O2. The minimum absolute atomic E-state index is 0.127. The van der Waals surface area contributed by atoms with E-state index in [1.54, 1.807) is 0 Å². The number of halogens is 3. The van der Waals surface area contributed by atoms with Crippen molar-refractivity contribution in [3.05, 3.63) is 11.9 Å². The highest BCUT2D eigenvalue weighted by Crippen LogP contribution is 2.26. The van der Waals surface area contributed by atoms with Crippen molar-refractivity contribution in [3.63, 3.8) is 0 Å². The average Bonchev–Trinajstić information content (AvgIpc) is 2.47. The molecule has 0 aliphatic rings. The summed E-state index contributed by atoms with van der Waals surface area (Å²) in [6, 6.07) is 0. The molecule has 0 radical (unpaired) electrons. The minimum Gasteiger partial charge on any atom is -0.481 e. The van der Waals surface area contributed by atoms with E-state index in [-0.39, 0.29) is 13.0 Å². The van der Waals surface area contributed by atoms with E-state index in [1.165, 1.54) is 0 Å². The van der Waals surface area contributed by atoms with Crippen molar-refractivity contribution in [2.75, 3.05) is 0 Å². The van der Waals surface area contributed by atoms with Gasteiger partial charge < -0.3 is 5.11 Å². The Labute approximate surface area is 76.1 Å². The molecule has 1 heterocycles. The highest BCUT2D eigenvalue weighted by atomic mass is 19.4. The number of rotatable bonds is 3. The van der Waals surface area contributed by atoms with Crippen molar-refractivity contribution in [3.8, 4) is 0 Å². The molecule has 0 aromatic carbocycles. The first-order chi connectivity index (χ1) is 6.39. The minimum atomic E-state index is -4.54. The maximum absolute atomic E-state index is 12.0. The van der Waals surface area contributed by atoms with E-state index in [0.29, 0.717) is 6.20 Å². The number of alkyl halides is 3. The number of aromatic nitrogens is 3. The van der Waals surface area contributed by atoms with Gasteiger partial charge in [0.15, 0.2) is 5.69 Å². The molecule has 0 aliphatic heterocycles. The maximum Gasteiger partial charge on any atom is 0.436 e. The topological polar surface area (TPSA) is 68.0 Å². The van der Waals surface area contributed by atoms with Crippen LogP contribution in [0.2, 0.25) is 0 Å². The zero-order valence-corrected chi connectivity index (χ0v) is 6.82. The molecule has 0 spiro atoms. The van der Waals surface area contributed by atoms with Crippen LogP contribution in [0.3, 0.4) is 0 Å². The highest BCUT2D eigenvalue weighted by molar-refractivity contribution is 5.66.